The third-order valence-corrected chi connectivity index (χ3v) is 8.65. The van der Waals surface area contributed by atoms with Crippen LogP contribution in [-0.2, 0) is 9.59 Å². The number of carbonyl (C=O) groups is 2. The van der Waals surface area contributed by atoms with Crippen molar-refractivity contribution in [2.75, 3.05) is 6.61 Å². The van der Waals surface area contributed by atoms with Gasteiger partial charge in [0.1, 0.15) is 12.2 Å². The molecule has 5 nitrogen and oxygen atoms in total. The number of ketones is 2. The summed E-state index contributed by atoms with van der Waals surface area (Å²) in [6.45, 7) is 3.46. The molecule has 4 rings (SSSR count). The quantitative estimate of drug-likeness (QED) is 0.696. The van der Waals surface area contributed by atoms with E-state index in [2.05, 4.69) is 6.92 Å². The average Bonchev–Trinajstić information content (AvgIpc) is 2.86. The summed E-state index contributed by atoms with van der Waals surface area (Å²) in [6, 6.07) is 0. The Labute approximate surface area is 154 Å². The fourth-order valence-electron chi connectivity index (χ4n) is 7.28. The van der Waals surface area contributed by atoms with Gasteiger partial charge in [0.2, 0.25) is 0 Å². The number of aliphatic hydroxyl groups is 3. The van der Waals surface area contributed by atoms with Gasteiger partial charge in [0, 0.05) is 11.8 Å². The molecule has 0 saturated heterocycles. The summed E-state index contributed by atoms with van der Waals surface area (Å²) in [5.74, 6) is 0.140. The standard InChI is InChI=1S/C21H30O5/c1-19-7-5-13(23)9-12(19)3-4-14-15-6-8-21(26,17(25)11-22)20(15,2)10-16(24)18(14)19/h9,14-16,18,22,24,26H,3-8,10-11H2,1-2H3/t14?,15?,16?,18?,19?,20?,21-/m0/s1. The molecule has 6 unspecified atom stereocenters. The SMILES string of the molecule is CC12CCC(=O)C=C1CCC1C2C(O)CC2(C)C1CC[C@]2(O)C(=O)CO. The number of fused-ring (bicyclic) bond motifs is 5. The zero-order valence-corrected chi connectivity index (χ0v) is 15.7. The number of carbonyl (C=O) groups excluding carboxylic acids is 2. The van der Waals surface area contributed by atoms with Crippen molar-refractivity contribution >= 4 is 11.6 Å². The zero-order chi connectivity index (χ0) is 18.9. The maximum atomic E-state index is 12.4. The summed E-state index contributed by atoms with van der Waals surface area (Å²) >= 11 is 0. The molecule has 0 heterocycles. The largest absolute Gasteiger partial charge is 0.393 e. The van der Waals surface area contributed by atoms with Crippen molar-refractivity contribution in [3.8, 4) is 0 Å². The Morgan fingerprint density at radius 2 is 1.96 bits per heavy atom. The number of aliphatic hydroxyl groups excluding tert-OH is 2. The molecule has 26 heavy (non-hydrogen) atoms. The van der Waals surface area contributed by atoms with Crippen LogP contribution in [0.5, 0.6) is 0 Å². The van der Waals surface area contributed by atoms with Crippen LogP contribution in [0.3, 0.4) is 0 Å². The predicted octanol–water partition coefficient (Wildman–Crippen LogP) is 1.78. The summed E-state index contributed by atoms with van der Waals surface area (Å²) in [6.07, 6.45) is 5.74. The normalized spacial score (nSPS) is 50.5. The Kier molecular flexibility index (Phi) is 4.04. The van der Waals surface area contributed by atoms with E-state index in [1.54, 1.807) is 6.08 Å². The molecule has 0 aromatic heterocycles. The molecule has 0 aromatic carbocycles. The van der Waals surface area contributed by atoms with E-state index >= 15 is 0 Å². The minimum absolute atomic E-state index is 0.0697. The Hall–Kier alpha value is -1.04. The molecule has 4 aliphatic carbocycles. The smallest absolute Gasteiger partial charge is 0.190 e. The van der Waals surface area contributed by atoms with E-state index in [0.717, 1.165) is 25.7 Å². The fourth-order valence-corrected chi connectivity index (χ4v) is 7.28. The van der Waals surface area contributed by atoms with Gasteiger partial charge in [0.25, 0.3) is 0 Å². The van der Waals surface area contributed by atoms with Crippen LogP contribution in [0.15, 0.2) is 11.6 Å². The molecule has 0 radical (unpaired) electrons. The highest BCUT2D eigenvalue weighted by atomic mass is 16.3. The van der Waals surface area contributed by atoms with Gasteiger partial charge in [0.15, 0.2) is 11.6 Å². The Morgan fingerprint density at radius 1 is 1.23 bits per heavy atom. The summed E-state index contributed by atoms with van der Waals surface area (Å²) in [7, 11) is 0. The van der Waals surface area contributed by atoms with Crippen LogP contribution >= 0.6 is 0 Å². The van der Waals surface area contributed by atoms with E-state index in [0.29, 0.717) is 19.3 Å². The fraction of sp³-hybridized carbons (Fsp3) is 0.810. The van der Waals surface area contributed by atoms with Gasteiger partial charge in [-0.3, -0.25) is 9.59 Å². The molecular weight excluding hydrogens is 332 g/mol. The number of hydrogen-bond acceptors (Lipinski definition) is 5. The second-order valence-electron chi connectivity index (χ2n) is 9.56. The molecule has 0 aliphatic heterocycles. The molecule has 0 amide bonds. The summed E-state index contributed by atoms with van der Waals surface area (Å²) in [4.78, 5) is 24.3. The molecular formula is C21H30O5. The van der Waals surface area contributed by atoms with E-state index in [1.165, 1.54) is 5.57 Å². The molecule has 3 N–H and O–H groups in total. The summed E-state index contributed by atoms with van der Waals surface area (Å²) < 4.78 is 0. The van der Waals surface area contributed by atoms with Gasteiger partial charge in [0.05, 0.1) is 6.10 Å². The molecule has 4 aliphatic rings. The van der Waals surface area contributed by atoms with Crippen LogP contribution in [0, 0.1) is 28.6 Å². The summed E-state index contributed by atoms with van der Waals surface area (Å²) in [5.41, 5.74) is -1.23. The second-order valence-corrected chi connectivity index (χ2v) is 9.56. The van der Waals surface area contributed by atoms with Gasteiger partial charge in [-0.15, -0.1) is 0 Å². The molecule has 7 atom stereocenters. The van der Waals surface area contributed by atoms with Crippen LogP contribution in [0.25, 0.3) is 0 Å². The third-order valence-electron chi connectivity index (χ3n) is 8.65. The molecule has 5 heteroatoms. The first-order valence-corrected chi connectivity index (χ1v) is 9.96. The lowest BCUT2D eigenvalue weighted by atomic mass is 9.45. The van der Waals surface area contributed by atoms with E-state index in [4.69, 9.17) is 0 Å². The minimum atomic E-state index is -1.54. The third kappa shape index (κ3) is 2.14. The van der Waals surface area contributed by atoms with E-state index < -0.39 is 29.5 Å². The summed E-state index contributed by atoms with van der Waals surface area (Å²) in [5, 5.41) is 31.7. The van der Waals surface area contributed by atoms with E-state index in [-0.39, 0.29) is 29.0 Å². The van der Waals surface area contributed by atoms with Crippen LogP contribution < -0.4 is 0 Å². The van der Waals surface area contributed by atoms with Crippen molar-refractivity contribution in [2.45, 2.75) is 70.5 Å². The van der Waals surface area contributed by atoms with Gasteiger partial charge < -0.3 is 15.3 Å². The number of allylic oxidation sites excluding steroid dienone is 1. The molecule has 144 valence electrons. The molecule has 0 spiro atoms. The lowest BCUT2D eigenvalue weighted by Crippen LogP contribution is -2.62. The van der Waals surface area contributed by atoms with Crippen molar-refractivity contribution in [3.63, 3.8) is 0 Å². The van der Waals surface area contributed by atoms with Gasteiger partial charge in [-0.2, -0.15) is 0 Å². The Bertz CT molecular complexity index is 684. The first kappa shape index (κ1) is 18.3. The highest BCUT2D eigenvalue weighted by Crippen LogP contribution is 2.67. The molecule has 3 fully saturated rings. The monoisotopic (exact) mass is 362 g/mol. The topological polar surface area (TPSA) is 94.8 Å². The van der Waals surface area contributed by atoms with Crippen molar-refractivity contribution in [1.82, 2.24) is 0 Å². The zero-order valence-electron chi connectivity index (χ0n) is 15.7. The minimum Gasteiger partial charge on any atom is -0.393 e. The number of hydrogen-bond donors (Lipinski definition) is 3. The predicted molar refractivity (Wildman–Crippen MR) is 95.1 cm³/mol. The van der Waals surface area contributed by atoms with Crippen molar-refractivity contribution < 1.29 is 24.9 Å². The number of Topliss-reactive ketones (excluding diaryl/α,β-unsaturated/α-hetero) is 1. The van der Waals surface area contributed by atoms with Gasteiger partial charge in [-0.25, -0.2) is 0 Å². The van der Waals surface area contributed by atoms with Crippen molar-refractivity contribution in [2.24, 2.45) is 28.6 Å². The van der Waals surface area contributed by atoms with Gasteiger partial charge in [-0.1, -0.05) is 19.4 Å². The van der Waals surface area contributed by atoms with Gasteiger partial charge in [-0.05, 0) is 67.8 Å². The molecule has 0 bridgehead atoms. The molecule has 0 aromatic rings. The highest BCUT2D eigenvalue weighted by molar-refractivity contribution is 5.91. The highest BCUT2D eigenvalue weighted by Gasteiger charge is 2.68. The lowest BCUT2D eigenvalue weighted by molar-refractivity contribution is -0.182. The van der Waals surface area contributed by atoms with Crippen molar-refractivity contribution in [1.29, 1.82) is 0 Å². The van der Waals surface area contributed by atoms with Gasteiger partial charge >= 0.3 is 0 Å². The van der Waals surface area contributed by atoms with Crippen LogP contribution in [0.4, 0.5) is 0 Å². The number of rotatable bonds is 2. The lowest BCUT2D eigenvalue weighted by Gasteiger charge is -2.60. The van der Waals surface area contributed by atoms with Crippen molar-refractivity contribution in [3.05, 3.63) is 11.6 Å². The average molecular weight is 362 g/mol. The Balaban J connectivity index is 1.74. The van der Waals surface area contributed by atoms with Crippen LogP contribution in [0.1, 0.15) is 58.8 Å². The maximum Gasteiger partial charge on any atom is 0.190 e. The molecule has 3 saturated carbocycles. The maximum absolute atomic E-state index is 12.4. The first-order chi connectivity index (χ1) is 12.2. The first-order valence-electron chi connectivity index (χ1n) is 9.96. The van der Waals surface area contributed by atoms with Crippen LogP contribution in [-0.4, -0.2) is 45.2 Å². The van der Waals surface area contributed by atoms with E-state index in [9.17, 15) is 24.9 Å². The van der Waals surface area contributed by atoms with E-state index in [1.807, 2.05) is 6.92 Å². The van der Waals surface area contributed by atoms with Crippen LogP contribution in [0.2, 0.25) is 0 Å². The second kappa shape index (κ2) is 5.73. The Morgan fingerprint density at radius 3 is 2.65 bits per heavy atom.